The van der Waals surface area contributed by atoms with E-state index in [1.165, 1.54) is 28.9 Å². The highest BCUT2D eigenvalue weighted by molar-refractivity contribution is 5.91. The van der Waals surface area contributed by atoms with E-state index < -0.39 is 0 Å². The SMILES string of the molecule is Cc1cc(C)cc(NC(=O)C[NH+]2CCC[C@@H](C)C2)c1. The average Bonchev–Trinajstić information content (AvgIpc) is 2.26. The Hall–Kier alpha value is -1.35. The molecular formula is C16H25N2O+. The van der Waals surface area contributed by atoms with E-state index in [0.717, 1.165) is 24.7 Å². The number of piperidine rings is 1. The van der Waals surface area contributed by atoms with Crippen molar-refractivity contribution in [3.05, 3.63) is 29.3 Å². The van der Waals surface area contributed by atoms with E-state index >= 15 is 0 Å². The van der Waals surface area contributed by atoms with Gasteiger partial charge in [-0.3, -0.25) is 4.79 Å². The van der Waals surface area contributed by atoms with Gasteiger partial charge in [0.05, 0.1) is 13.1 Å². The minimum atomic E-state index is 0.133. The normalized spacial score (nSPS) is 23.1. The Morgan fingerprint density at radius 2 is 2.00 bits per heavy atom. The van der Waals surface area contributed by atoms with Gasteiger partial charge in [0.2, 0.25) is 0 Å². The summed E-state index contributed by atoms with van der Waals surface area (Å²) in [6.45, 7) is 9.24. The molecule has 104 valence electrons. The predicted molar refractivity (Wildman–Crippen MR) is 78.5 cm³/mol. The zero-order valence-electron chi connectivity index (χ0n) is 12.3. The van der Waals surface area contributed by atoms with Gasteiger partial charge in [0.1, 0.15) is 0 Å². The highest BCUT2D eigenvalue weighted by Crippen LogP contribution is 2.13. The lowest BCUT2D eigenvalue weighted by Crippen LogP contribution is -3.14. The number of amides is 1. The quantitative estimate of drug-likeness (QED) is 0.850. The summed E-state index contributed by atoms with van der Waals surface area (Å²) in [5.41, 5.74) is 3.30. The molecule has 19 heavy (non-hydrogen) atoms. The fraction of sp³-hybridized carbons (Fsp3) is 0.562. The molecule has 1 aromatic rings. The molecule has 1 aliphatic rings. The van der Waals surface area contributed by atoms with Crippen LogP contribution in [0.15, 0.2) is 18.2 Å². The topological polar surface area (TPSA) is 33.5 Å². The predicted octanol–water partition coefficient (Wildman–Crippen LogP) is 1.56. The molecule has 0 bridgehead atoms. The van der Waals surface area contributed by atoms with Crippen molar-refractivity contribution in [2.45, 2.75) is 33.6 Å². The van der Waals surface area contributed by atoms with Gasteiger partial charge >= 0.3 is 0 Å². The largest absolute Gasteiger partial charge is 0.327 e. The molecule has 2 N–H and O–H groups in total. The molecule has 0 aromatic heterocycles. The minimum Gasteiger partial charge on any atom is -0.327 e. The van der Waals surface area contributed by atoms with Gasteiger partial charge in [-0.05, 0) is 49.9 Å². The molecule has 1 aromatic carbocycles. The fourth-order valence-electron chi connectivity index (χ4n) is 3.04. The molecule has 1 amide bonds. The van der Waals surface area contributed by atoms with Crippen LogP contribution < -0.4 is 10.2 Å². The first-order chi connectivity index (χ1) is 9.02. The number of benzene rings is 1. The van der Waals surface area contributed by atoms with Crippen molar-refractivity contribution in [3.63, 3.8) is 0 Å². The van der Waals surface area contributed by atoms with Gasteiger partial charge in [-0.25, -0.2) is 0 Å². The van der Waals surface area contributed by atoms with Crippen LogP contribution in [0.1, 0.15) is 30.9 Å². The zero-order valence-corrected chi connectivity index (χ0v) is 12.3. The molecule has 0 radical (unpaired) electrons. The maximum atomic E-state index is 12.1. The summed E-state index contributed by atoms with van der Waals surface area (Å²) in [5, 5.41) is 3.03. The summed E-state index contributed by atoms with van der Waals surface area (Å²) in [6, 6.07) is 6.17. The first-order valence-electron chi connectivity index (χ1n) is 7.24. The van der Waals surface area contributed by atoms with Crippen LogP contribution in [0.3, 0.4) is 0 Å². The molecular weight excluding hydrogens is 236 g/mol. The van der Waals surface area contributed by atoms with E-state index in [1.807, 2.05) is 12.1 Å². The molecule has 1 unspecified atom stereocenters. The number of nitrogens with one attached hydrogen (secondary N) is 2. The van der Waals surface area contributed by atoms with Crippen LogP contribution in [0.5, 0.6) is 0 Å². The molecule has 0 aliphatic carbocycles. The van der Waals surface area contributed by atoms with Gasteiger partial charge in [0, 0.05) is 11.6 Å². The van der Waals surface area contributed by atoms with Crippen molar-refractivity contribution in [2.75, 3.05) is 25.0 Å². The van der Waals surface area contributed by atoms with Crippen molar-refractivity contribution in [2.24, 2.45) is 5.92 Å². The van der Waals surface area contributed by atoms with Crippen molar-refractivity contribution in [3.8, 4) is 0 Å². The third kappa shape index (κ3) is 4.35. The zero-order chi connectivity index (χ0) is 13.8. The van der Waals surface area contributed by atoms with Gasteiger partial charge in [-0.15, -0.1) is 0 Å². The van der Waals surface area contributed by atoms with Crippen LogP contribution >= 0.6 is 0 Å². The number of carbonyl (C=O) groups is 1. The van der Waals surface area contributed by atoms with Gasteiger partial charge in [0.25, 0.3) is 5.91 Å². The van der Waals surface area contributed by atoms with Gasteiger partial charge < -0.3 is 10.2 Å². The van der Waals surface area contributed by atoms with Crippen LogP contribution in [0.25, 0.3) is 0 Å². The molecule has 0 spiro atoms. The third-order valence-electron chi connectivity index (χ3n) is 3.78. The van der Waals surface area contributed by atoms with Gasteiger partial charge in [-0.2, -0.15) is 0 Å². The second kappa shape index (κ2) is 6.20. The molecule has 3 heteroatoms. The maximum Gasteiger partial charge on any atom is 0.279 e. The molecule has 3 nitrogen and oxygen atoms in total. The molecule has 1 aliphatic heterocycles. The Morgan fingerprint density at radius 3 is 2.63 bits per heavy atom. The number of quaternary nitrogens is 1. The first kappa shape index (κ1) is 14.1. The van der Waals surface area contributed by atoms with Crippen molar-refractivity contribution >= 4 is 11.6 Å². The number of carbonyl (C=O) groups excluding carboxylic acids is 1. The highest BCUT2D eigenvalue weighted by atomic mass is 16.2. The number of likely N-dealkylation sites (tertiary alicyclic amines) is 1. The fourth-order valence-corrected chi connectivity index (χ4v) is 3.04. The maximum absolute atomic E-state index is 12.1. The smallest absolute Gasteiger partial charge is 0.279 e. The average molecular weight is 261 g/mol. The lowest BCUT2D eigenvalue weighted by atomic mass is 10.0. The van der Waals surface area contributed by atoms with Crippen molar-refractivity contribution < 1.29 is 9.69 Å². The number of hydrogen-bond donors (Lipinski definition) is 2. The van der Waals surface area contributed by atoms with E-state index in [1.54, 1.807) is 0 Å². The van der Waals surface area contributed by atoms with Gasteiger partial charge in [0.15, 0.2) is 6.54 Å². The van der Waals surface area contributed by atoms with Crippen LogP contribution in [0.4, 0.5) is 5.69 Å². The van der Waals surface area contributed by atoms with E-state index in [2.05, 4.69) is 32.2 Å². The Morgan fingerprint density at radius 1 is 1.32 bits per heavy atom. The van der Waals surface area contributed by atoms with Crippen molar-refractivity contribution in [1.29, 1.82) is 0 Å². The standard InChI is InChI=1S/C16H24N2O/c1-12-5-4-6-18(10-12)11-16(19)17-15-8-13(2)7-14(3)9-15/h7-9,12H,4-6,10-11H2,1-3H3,(H,17,19)/p+1/t12-/m1/s1. The number of hydrogen-bond acceptors (Lipinski definition) is 1. The summed E-state index contributed by atoms with van der Waals surface area (Å²) in [5.74, 6) is 0.881. The Kier molecular flexibility index (Phi) is 4.59. The first-order valence-corrected chi connectivity index (χ1v) is 7.24. The second-order valence-corrected chi connectivity index (χ2v) is 6.05. The lowest BCUT2D eigenvalue weighted by Gasteiger charge is -2.27. The Labute approximate surface area is 116 Å². The van der Waals surface area contributed by atoms with Gasteiger partial charge in [-0.1, -0.05) is 13.0 Å². The van der Waals surface area contributed by atoms with Crippen LogP contribution in [0, 0.1) is 19.8 Å². The molecule has 1 saturated heterocycles. The lowest BCUT2D eigenvalue weighted by molar-refractivity contribution is -0.900. The molecule has 0 saturated carbocycles. The van der Waals surface area contributed by atoms with E-state index in [-0.39, 0.29) is 5.91 Å². The molecule has 1 heterocycles. The summed E-state index contributed by atoms with van der Waals surface area (Å²) in [7, 11) is 0. The summed E-state index contributed by atoms with van der Waals surface area (Å²) >= 11 is 0. The Bertz CT molecular complexity index is 436. The molecule has 1 fully saturated rings. The monoisotopic (exact) mass is 261 g/mol. The van der Waals surface area contributed by atoms with Crippen LogP contribution in [-0.2, 0) is 4.79 Å². The summed E-state index contributed by atoms with van der Waals surface area (Å²) in [6.07, 6.45) is 2.55. The van der Waals surface area contributed by atoms with Crippen LogP contribution in [-0.4, -0.2) is 25.5 Å². The highest BCUT2D eigenvalue weighted by Gasteiger charge is 2.21. The van der Waals surface area contributed by atoms with E-state index in [4.69, 9.17) is 0 Å². The summed E-state index contributed by atoms with van der Waals surface area (Å²) < 4.78 is 0. The van der Waals surface area contributed by atoms with E-state index in [9.17, 15) is 4.79 Å². The van der Waals surface area contributed by atoms with E-state index in [0.29, 0.717) is 6.54 Å². The molecule has 2 atom stereocenters. The third-order valence-corrected chi connectivity index (χ3v) is 3.78. The number of aryl methyl sites for hydroxylation is 2. The second-order valence-electron chi connectivity index (χ2n) is 6.05. The molecule has 2 rings (SSSR count). The Balaban J connectivity index is 1.90. The number of rotatable bonds is 3. The minimum absolute atomic E-state index is 0.133. The van der Waals surface area contributed by atoms with Crippen LogP contribution in [0.2, 0.25) is 0 Å². The number of anilines is 1. The summed E-state index contributed by atoms with van der Waals surface area (Å²) in [4.78, 5) is 13.5. The van der Waals surface area contributed by atoms with Crippen molar-refractivity contribution in [1.82, 2.24) is 0 Å².